The van der Waals surface area contributed by atoms with Crippen LogP contribution in [0.25, 0.3) is 10.2 Å². The maximum Gasteiger partial charge on any atom is 0.346 e. The molecule has 5 nitrogen and oxygen atoms in total. The summed E-state index contributed by atoms with van der Waals surface area (Å²) in [6.07, 6.45) is 1.38. The van der Waals surface area contributed by atoms with Crippen LogP contribution in [0.15, 0.2) is 35.4 Å². The first kappa shape index (κ1) is 14.4. The lowest BCUT2D eigenvalue weighted by Gasteiger charge is -2.05. The highest BCUT2D eigenvalue weighted by Gasteiger charge is 2.18. The summed E-state index contributed by atoms with van der Waals surface area (Å²) in [5.74, 6) is -1.41. The summed E-state index contributed by atoms with van der Waals surface area (Å²) in [6.45, 7) is 1.85. The Kier molecular flexibility index (Phi) is 3.50. The van der Waals surface area contributed by atoms with E-state index in [2.05, 4.69) is 4.98 Å². The molecule has 0 amide bonds. The SMILES string of the molecule is Cc1c(C(=O)O)sc2ncn(Cc3ccc(F)cc3)c(=O)c12. The van der Waals surface area contributed by atoms with E-state index in [1.165, 1.54) is 23.0 Å². The predicted octanol–water partition coefficient (Wildman–Crippen LogP) is 2.65. The Morgan fingerprint density at radius 2 is 2.05 bits per heavy atom. The molecular formula is C15H11FN2O3S. The summed E-state index contributed by atoms with van der Waals surface area (Å²) in [7, 11) is 0. The molecule has 0 radical (unpaired) electrons. The van der Waals surface area contributed by atoms with Crippen LogP contribution in [0, 0.1) is 12.7 Å². The van der Waals surface area contributed by atoms with Crippen LogP contribution in [-0.4, -0.2) is 20.6 Å². The van der Waals surface area contributed by atoms with E-state index in [0.29, 0.717) is 15.8 Å². The number of hydrogen-bond donors (Lipinski definition) is 1. The van der Waals surface area contributed by atoms with Crippen molar-refractivity contribution in [2.45, 2.75) is 13.5 Å². The molecule has 0 aliphatic heterocycles. The number of hydrogen-bond acceptors (Lipinski definition) is 4. The van der Waals surface area contributed by atoms with Gasteiger partial charge in [-0.1, -0.05) is 12.1 Å². The van der Waals surface area contributed by atoms with E-state index in [9.17, 15) is 14.0 Å². The minimum absolute atomic E-state index is 0.124. The molecule has 112 valence electrons. The number of carbonyl (C=O) groups is 1. The maximum absolute atomic E-state index is 12.9. The van der Waals surface area contributed by atoms with Crippen molar-refractivity contribution in [3.05, 3.63) is 62.8 Å². The average molecular weight is 318 g/mol. The third kappa shape index (κ3) is 2.39. The van der Waals surface area contributed by atoms with E-state index in [4.69, 9.17) is 5.11 Å². The van der Waals surface area contributed by atoms with Crippen molar-refractivity contribution in [1.29, 1.82) is 0 Å². The van der Waals surface area contributed by atoms with E-state index < -0.39 is 5.97 Å². The molecule has 0 saturated carbocycles. The standard InChI is InChI=1S/C15H11FN2O3S/c1-8-11-13(22-12(8)15(20)21)17-7-18(14(11)19)6-9-2-4-10(16)5-3-9/h2-5,7H,6H2,1H3,(H,20,21). The fourth-order valence-corrected chi connectivity index (χ4v) is 3.24. The van der Waals surface area contributed by atoms with Crippen molar-refractivity contribution in [3.8, 4) is 0 Å². The molecule has 2 heterocycles. The molecule has 0 spiro atoms. The molecule has 0 aliphatic rings. The summed E-state index contributed by atoms with van der Waals surface area (Å²) < 4.78 is 14.3. The summed E-state index contributed by atoms with van der Waals surface area (Å²) in [4.78, 5) is 28.4. The van der Waals surface area contributed by atoms with Gasteiger partial charge in [-0.15, -0.1) is 11.3 Å². The van der Waals surface area contributed by atoms with E-state index in [1.54, 1.807) is 19.1 Å². The van der Waals surface area contributed by atoms with E-state index in [-0.39, 0.29) is 22.8 Å². The van der Waals surface area contributed by atoms with Crippen molar-refractivity contribution in [3.63, 3.8) is 0 Å². The van der Waals surface area contributed by atoms with Gasteiger partial charge in [0.25, 0.3) is 5.56 Å². The van der Waals surface area contributed by atoms with Gasteiger partial charge in [0.05, 0.1) is 18.3 Å². The summed E-state index contributed by atoms with van der Waals surface area (Å²) in [5.41, 5.74) is 0.894. The quantitative estimate of drug-likeness (QED) is 0.806. The first-order valence-corrected chi connectivity index (χ1v) is 7.25. The lowest BCUT2D eigenvalue weighted by molar-refractivity contribution is 0.0701. The fraction of sp³-hybridized carbons (Fsp3) is 0.133. The molecule has 0 unspecified atom stereocenters. The number of halogens is 1. The lowest BCUT2D eigenvalue weighted by Crippen LogP contribution is -2.21. The number of rotatable bonds is 3. The van der Waals surface area contributed by atoms with Gasteiger partial charge in [0, 0.05) is 0 Å². The van der Waals surface area contributed by atoms with Crippen LogP contribution in [0.4, 0.5) is 4.39 Å². The molecular weight excluding hydrogens is 307 g/mol. The van der Waals surface area contributed by atoms with Gasteiger partial charge >= 0.3 is 5.97 Å². The second-order valence-corrected chi connectivity index (χ2v) is 5.84. The Morgan fingerprint density at radius 1 is 1.36 bits per heavy atom. The third-order valence-corrected chi connectivity index (χ3v) is 4.57. The largest absolute Gasteiger partial charge is 0.477 e. The highest BCUT2D eigenvalue weighted by Crippen LogP contribution is 2.26. The number of fused-ring (bicyclic) bond motifs is 1. The number of benzene rings is 1. The number of nitrogens with zero attached hydrogens (tertiary/aromatic N) is 2. The van der Waals surface area contributed by atoms with Gasteiger partial charge < -0.3 is 5.11 Å². The molecule has 2 aromatic heterocycles. The zero-order valence-electron chi connectivity index (χ0n) is 11.5. The highest BCUT2D eigenvalue weighted by atomic mass is 32.1. The molecule has 1 N–H and O–H groups in total. The Labute approximate surface area is 128 Å². The number of carboxylic acid groups (broad SMARTS) is 1. The summed E-state index contributed by atoms with van der Waals surface area (Å²) in [5, 5.41) is 9.45. The number of carboxylic acids is 1. The van der Waals surface area contributed by atoms with Gasteiger partial charge in [0.2, 0.25) is 0 Å². The van der Waals surface area contributed by atoms with Gasteiger partial charge in [-0.3, -0.25) is 9.36 Å². The number of aryl methyl sites for hydroxylation is 1. The minimum atomic E-state index is -1.06. The number of aromatic nitrogens is 2. The maximum atomic E-state index is 12.9. The van der Waals surface area contributed by atoms with Gasteiger partial charge in [0.15, 0.2) is 0 Å². The lowest BCUT2D eigenvalue weighted by atomic mass is 10.2. The van der Waals surface area contributed by atoms with Crippen LogP contribution >= 0.6 is 11.3 Å². The topological polar surface area (TPSA) is 72.2 Å². The molecule has 22 heavy (non-hydrogen) atoms. The monoisotopic (exact) mass is 318 g/mol. The fourth-order valence-electron chi connectivity index (χ4n) is 2.26. The van der Waals surface area contributed by atoms with Crippen LogP contribution in [0.1, 0.15) is 20.8 Å². The molecule has 3 rings (SSSR count). The van der Waals surface area contributed by atoms with Crippen LogP contribution < -0.4 is 5.56 Å². The molecule has 0 saturated heterocycles. The Morgan fingerprint density at radius 3 is 2.68 bits per heavy atom. The van der Waals surface area contributed by atoms with Gasteiger partial charge in [-0.05, 0) is 30.2 Å². The Hall–Kier alpha value is -2.54. The second kappa shape index (κ2) is 5.34. The Balaban J connectivity index is 2.10. The molecule has 3 aromatic rings. The van der Waals surface area contributed by atoms with Crippen LogP contribution in [-0.2, 0) is 6.54 Å². The van der Waals surface area contributed by atoms with E-state index in [0.717, 1.165) is 16.9 Å². The third-order valence-electron chi connectivity index (χ3n) is 3.38. The normalized spacial score (nSPS) is 11.0. The van der Waals surface area contributed by atoms with Gasteiger partial charge in [-0.2, -0.15) is 0 Å². The van der Waals surface area contributed by atoms with Crippen LogP contribution in [0.3, 0.4) is 0 Å². The molecule has 0 atom stereocenters. The second-order valence-electron chi connectivity index (χ2n) is 4.85. The smallest absolute Gasteiger partial charge is 0.346 e. The van der Waals surface area contributed by atoms with Crippen molar-refractivity contribution < 1.29 is 14.3 Å². The summed E-state index contributed by atoms with van der Waals surface area (Å²) >= 11 is 0.990. The summed E-state index contributed by atoms with van der Waals surface area (Å²) in [6, 6.07) is 5.83. The zero-order chi connectivity index (χ0) is 15.9. The van der Waals surface area contributed by atoms with Crippen LogP contribution in [0.2, 0.25) is 0 Å². The average Bonchev–Trinajstić information content (AvgIpc) is 2.82. The van der Waals surface area contributed by atoms with Gasteiger partial charge in [-0.25, -0.2) is 14.2 Å². The molecule has 7 heteroatoms. The first-order valence-electron chi connectivity index (χ1n) is 6.43. The Bertz CT molecular complexity index is 928. The van der Waals surface area contributed by atoms with E-state index in [1.807, 2.05) is 0 Å². The van der Waals surface area contributed by atoms with Gasteiger partial charge in [0.1, 0.15) is 15.5 Å². The van der Waals surface area contributed by atoms with Crippen LogP contribution in [0.5, 0.6) is 0 Å². The highest BCUT2D eigenvalue weighted by molar-refractivity contribution is 7.20. The zero-order valence-corrected chi connectivity index (χ0v) is 12.4. The molecule has 0 aliphatic carbocycles. The van der Waals surface area contributed by atoms with Crippen molar-refractivity contribution in [1.82, 2.24) is 9.55 Å². The van der Waals surface area contributed by atoms with E-state index >= 15 is 0 Å². The minimum Gasteiger partial charge on any atom is -0.477 e. The van der Waals surface area contributed by atoms with Crippen molar-refractivity contribution in [2.24, 2.45) is 0 Å². The predicted molar refractivity (Wildman–Crippen MR) is 81.1 cm³/mol. The molecule has 0 bridgehead atoms. The number of thiophene rings is 1. The van der Waals surface area contributed by atoms with Crippen molar-refractivity contribution in [2.75, 3.05) is 0 Å². The number of aromatic carboxylic acids is 1. The van der Waals surface area contributed by atoms with Crippen molar-refractivity contribution >= 4 is 27.5 Å². The first-order chi connectivity index (χ1) is 10.5. The molecule has 0 fully saturated rings. The molecule has 1 aromatic carbocycles.